The standard InChI is InChI=1S/C22H17N3O3/c26-19-11-23-22(27)17-10-15-14-3-1-2-4-16(14)24-20(15)21(25(17)19)13-5-6-18-12(9-13)7-8-28-18/h1-9,17,21,24H,10-11H2,(H,23,27)/t17-,21-/m1/s1. The number of nitrogens with one attached hydrogen (secondary N) is 2. The molecule has 6 nitrogen and oxygen atoms in total. The van der Waals surface area contributed by atoms with E-state index in [0.717, 1.165) is 38.7 Å². The molecule has 2 aromatic carbocycles. The molecular weight excluding hydrogens is 354 g/mol. The van der Waals surface area contributed by atoms with E-state index in [-0.39, 0.29) is 24.4 Å². The second-order valence-electron chi connectivity index (χ2n) is 7.42. The summed E-state index contributed by atoms with van der Waals surface area (Å²) < 4.78 is 5.47. The van der Waals surface area contributed by atoms with Crippen LogP contribution >= 0.6 is 0 Å². The molecule has 0 radical (unpaired) electrons. The van der Waals surface area contributed by atoms with Crippen molar-refractivity contribution in [1.29, 1.82) is 0 Å². The van der Waals surface area contributed by atoms with Crippen LogP contribution in [0.25, 0.3) is 21.9 Å². The number of aromatic nitrogens is 1. The third-order valence-electron chi connectivity index (χ3n) is 5.93. The molecule has 2 aromatic heterocycles. The second-order valence-corrected chi connectivity index (χ2v) is 7.42. The molecule has 0 aliphatic carbocycles. The Bertz CT molecular complexity index is 1270. The van der Waals surface area contributed by atoms with Crippen LogP contribution in [0, 0.1) is 0 Å². The van der Waals surface area contributed by atoms with Crippen molar-refractivity contribution in [2.45, 2.75) is 18.5 Å². The van der Waals surface area contributed by atoms with Gasteiger partial charge in [-0.15, -0.1) is 0 Å². The third-order valence-corrected chi connectivity index (χ3v) is 5.93. The second kappa shape index (κ2) is 5.48. The highest BCUT2D eigenvalue weighted by Gasteiger charge is 2.45. The van der Waals surface area contributed by atoms with E-state index in [2.05, 4.69) is 16.4 Å². The number of carbonyl (C=O) groups is 2. The van der Waals surface area contributed by atoms with Crippen molar-refractivity contribution in [3.63, 3.8) is 0 Å². The SMILES string of the molecule is O=C1NCC(=O)N2[C@H](c3ccc4occc4c3)c3[nH]c4ccccc4c3C[C@H]12. The van der Waals surface area contributed by atoms with Gasteiger partial charge in [0.2, 0.25) is 11.8 Å². The zero-order valence-electron chi connectivity index (χ0n) is 14.9. The van der Waals surface area contributed by atoms with Crippen molar-refractivity contribution in [3.05, 3.63) is 71.6 Å². The highest BCUT2D eigenvalue weighted by Crippen LogP contribution is 2.42. The molecule has 2 aliphatic rings. The fourth-order valence-electron chi connectivity index (χ4n) is 4.68. The molecule has 1 saturated heterocycles. The zero-order valence-corrected chi connectivity index (χ0v) is 14.9. The van der Waals surface area contributed by atoms with Gasteiger partial charge in [-0.3, -0.25) is 9.59 Å². The lowest BCUT2D eigenvalue weighted by Crippen LogP contribution is -2.61. The van der Waals surface area contributed by atoms with E-state index in [9.17, 15) is 9.59 Å². The summed E-state index contributed by atoms with van der Waals surface area (Å²) in [6.45, 7) is 0.0371. The molecule has 0 unspecified atom stereocenters. The molecule has 2 amide bonds. The number of rotatable bonds is 1. The van der Waals surface area contributed by atoms with E-state index in [0.29, 0.717) is 6.42 Å². The van der Waals surface area contributed by atoms with E-state index in [1.54, 1.807) is 11.2 Å². The zero-order chi connectivity index (χ0) is 18.8. The maximum absolute atomic E-state index is 12.9. The lowest BCUT2D eigenvalue weighted by atomic mass is 9.86. The molecular formula is C22H17N3O3. The summed E-state index contributed by atoms with van der Waals surface area (Å²) in [4.78, 5) is 30.8. The number of aromatic amines is 1. The Morgan fingerprint density at radius 2 is 1.96 bits per heavy atom. The van der Waals surface area contributed by atoms with Crippen molar-refractivity contribution in [1.82, 2.24) is 15.2 Å². The van der Waals surface area contributed by atoms with Crippen LogP contribution in [0.3, 0.4) is 0 Å². The Morgan fingerprint density at radius 1 is 1.07 bits per heavy atom. The molecule has 2 aliphatic heterocycles. The number of amides is 2. The lowest BCUT2D eigenvalue weighted by Gasteiger charge is -2.44. The van der Waals surface area contributed by atoms with Crippen LogP contribution in [0.4, 0.5) is 0 Å². The third kappa shape index (κ3) is 2.03. The number of benzene rings is 2. The Hall–Kier alpha value is -3.54. The summed E-state index contributed by atoms with van der Waals surface area (Å²) in [6, 6.07) is 15.1. The first-order chi connectivity index (χ1) is 13.7. The summed E-state index contributed by atoms with van der Waals surface area (Å²) in [5.74, 6) is -0.156. The maximum Gasteiger partial charge on any atom is 0.243 e. The minimum Gasteiger partial charge on any atom is -0.464 e. The van der Waals surface area contributed by atoms with Crippen LogP contribution in [-0.4, -0.2) is 34.3 Å². The van der Waals surface area contributed by atoms with Crippen molar-refractivity contribution in [2.24, 2.45) is 0 Å². The lowest BCUT2D eigenvalue weighted by molar-refractivity contribution is -0.148. The summed E-state index contributed by atoms with van der Waals surface area (Å²) in [6.07, 6.45) is 2.17. The van der Waals surface area contributed by atoms with Crippen molar-refractivity contribution < 1.29 is 14.0 Å². The molecule has 0 saturated carbocycles. The number of fused-ring (bicyclic) bond motifs is 5. The monoisotopic (exact) mass is 371 g/mol. The number of para-hydroxylation sites is 1. The number of carbonyl (C=O) groups excluding carboxylic acids is 2. The summed E-state index contributed by atoms with van der Waals surface area (Å²) in [5, 5.41) is 4.83. The highest BCUT2D eigenvalue weighted by atomic mass is 16.3. The highest BCUT2D eigenvalue weighted by molar-refractivity contribution is 5.97. The van der Waals surface area contributed by atoms with Crippen molar-refractivity contribution in [3.8, 4) is 0 Å². The topological polar surface area (TPSA) is 78.3 Å². The summed E-state index contributed by atoms with van der Waals surface area (Å²) in [7, 11) is 0. The quantitative estimate of drug-likeness (QED) is 0.540. The Kier molecular flexibility index (Phi) is 3.04. The number of H-pyrrole nitrogens is 1. The molecule has 0 spiro atoms. The van der Waals surface area contributed by atoms with Gasteiger partial charge >= 0.3 is 0 Å². The molecule has 2 atom stereocenters. The minimum atomic E-state index is -0.502. The number of hydrogen-bond acceptors (Lipinski definition) is 3. The molecule has 1 fully saturated rings. The average molecular weight is 371 g/mol. The molecule has 28 heavy (non-hydrogen) atoms. The Morgan fingerprint density at radius 3 is 2.89 bits per heavy atom. The maximum atomic E-state index is 12.9. The molecule has 6 heteroatoms. The van der Waals surface area contributed by atoms with Gasteiger partial charge in [-0.05, 0) is 35.4 Å². The molecule has 0 bridgehead atoms. The molecule has 4 heterocycles. The minimum absolute atomic E-state index is 0.0371. The van der Waals surface area contributed by atoms with Crippen LogP contribution in [0.15, 0.2) is 59.2 Å². The Balaban J connectivity index is 1.63. The van der Waals surface area contributed by atoms with Gasteiger partial charge in [0.25, 0.3) is 0 Å². The predicted octanol–water partition coefficient (Wildman–Crippen LogP) is 2.89. The fourth-order valence-corrected chi connectivity index (χ4v) is 4.68. The number of nitrogens with zero attached hydrogens (tertiary/aromatic N) is 1. The van der Waals surface area contributed by atoms with Gasteiger partial charge in [0.1, 0.15) is 11.6 Å². The van der Waals surface area contributed by atoms with E-state index < -0.39 is 6.04 Å². The van der Waals surface area contributed by atoms with E-state index in [4.69, 9.17) is 4.42 Å². The smallest absolute Gasteiger partial charge is 0.243 e. The fraction of sp³-hybridized carbons (Fsp3) is 0.182. The number of piperazine rings is 1. The molecule has 6 rings (SSSR count). The molecule has 4 aromatic rings. The Labute approximate surface area is 160 Å². The van der Waals surface area contributed by atoms with Crippen LogP contribution in [-0.2, 0) is 16.0 Å². The van der Waals surface area contributed by atoms with Gasteiger partial charge < -0.3 is 19.6 Å². The number of hydrogen-bond donors (Lipinski definition) is 2. The van der Waals surface area contributed by atoms with Gasteiger partial charge in [-0.1, -0.05) is 24.3 Å². The summed E-state index contributed by atoms with van der Waals surface area (Å²) >= 11 is 0. The van der Waals surface area contributed by atoms with Gasteiger partial charge in [0.15, 0.2) is 0 Å². The van der Waals surface area contributed by atoms with Crippen molar-refractivity contribution >= 4 is 33.7 Å². The largest absolute Gasteiger partial charge is 0.464 e. The summed E-state index contributed by atoms with van der Waals surface area (Å²) in [5.41, 5.74) is 4.89. The normalized spacial score (nSPS) is 21.6. The van der Waals surface area contributed by atoms with Crippen LogP contribution in [0.2, 0.25) is 0 Å². The van der Waals surface area contributed by atoms with Crippen LogP contribution < -0.4 is 5.32 Å². The average Bonchev–Trinajstić information content (AvgIpc) is 3.33. The van der Waals surface area contributed by atoms with E-state index >= 15 is 0 Å². The predicted molar refractivity (Wildman–Crippen MR) is 104 cm³/mol. The van der Waals surface area contributed by atoms with Gasteiger partial charge in [0, 0.05) is 28.4 Å². The first-order valence-corrected chi connectivity index (χ1v) is 9.36. The van der Waals surface area contributed by atoms with Crippen LogP contribution in [0.1, 0.15) is 22.9 Å². The van der Waals surface area contributed by atoms with E-state index in [1.807, 2.05) is 42.5 Å². The van der Waals surface area contributed by atoms with Crippen molar-refractivity contribution in [2.75, 3.05) is 6.54 Å². The van der Waals surface area contributed by atoms with Gasteiger partial charge in [-0.25, -0.2) is 0 Å². The van der Waals surface area contributed by atoms with Crippen LogP contribution in [0.5, 0.6) is 0 Å². The first kappa shape index (κ1) is 15.5. The van der Waals surface area contributed by atoms with E-state index in [1.165, 1.54) is 0 Å². The van der Waals surface area contributed by atoms with Gasteiger partial charge in [0.05, 0.1) is 18.8 Å². The first-order valence-electron chi connectivity index (χ1n) is 9.36. The molecule has 138 valence electrons. The van der Waals surface area contributed by atoms with Gasteiger partial charge in [-0.2, -0.15) is 0 Å². The number of furan rings is 1. The molecule has 2 N–H and O–H groups in total.